The highest BCUT2D eigenvalue weighted by Gasteiger charge is 2.29. The molecule has 1 heterocycles. The number of nitrogens with two attached hydrogens (primary N) is 1. The molecule has 0 saturated carbocycles. The number of benzene rings is 1. The Morgan fingerprint density at radius 2 is 1.90 bits per heavy atom. The van der Waals surface area contributed by atoms with Gasteiger partial charge in [0.05, 0.1) is 0 Å². The highest BCUT2D eigenvalue weighted by atomic mass is 16.1. The third kappa shape index (κ3) is 3.81. The van der Waals surface area contributed by atoms with Crippen LogP contribution in [0.3, 0.4) is 0 Å². The molecule has 1 amide bonds. The molecule has 0 spiro atoms. The van der Waals surface area contributed by atoms with Crippen molar-refractivity contribution >= 4 is 5.91 Å². The number of rotatable bonds is 4. The number of hydrogen-bond donors (Lipinski definition) is 2. The van der Waals surface area contributed by atoms with Gasteiger partial charge in [-0.1, -0.05) is 19.1 Å². The summed E-state index contributed by atoms with van der Waals surface area (Å²) in [5.74, 6) is 0.00808. The molecule has 1 aliphatic heterocycles. The van der Waals surface area contributed by atoms with Crippen LogP contribution in [0.4, 0.5) is 0 Å². The van der Waals surface area contributed by atoms with Crippen molar-refractivity contribution in [1.29, 1.82) is 0 Å². The van der Waals surface area contributed by atoms with E-state index in [0.717, 1.165) is 38.0 Å². The van der Waals surface area contributed by atoms with Gasteiger partial charge >= 0.3 is 0 Å². The van der Waals surface area contributed by atoms with E-state index in [1.807, 2.05) is 24.3 Å². The van der Waals surface area contributed by atoms with Gasteiger partial charge in [-0.3, -0.25) is 4.79 Å². The zero-order chi connectivity index (χ0) is 14.6. The molecule has 1 aliphatic rings. The molecule has 1 saturated heterocycles. The topological polar surface area (TPSA) is 58.4 Å². The minimum absolute atomic E-state index is 0.00808. The largest absolute Gasteiger partial charge is 0.351 e. The van der Waals surface area contributed by atoms with Crippen LogP contribution in [0.5, 0.6) is 0 Å². The Labute approximate surface area is 121 Å². The van der Waals surface area contributed by atoms with Crippen LogP contribution in [0.15, 0.2) is 24.3 Å². The summed E-state index contributed by atoms with van der Waals surface area (Å²) in [4.78, 5) is 14.5. The molecule has 0 aromatic heterocycles. The van der Waals surface area contributed by atoms with E-state index in [4.69, 9.17) is 5.73 Å². The lowest BCUT2D eigenvalue weighted by Gasteiger charge is -2.37. The third-order valence-corrected chi connectivity index (χ3v) is 4.32. The quantitative estimate of drug-likeness (QED) is 0.877. The fourth-order valence-corrected chi connectivity index (χ4v) is 2.52. The number of hydrogen-bond acceptors (Lipinski definition) is 3. The third-order valence-electron chi connectivity index (χ3n) is 4.32. The maximum Gasteiger partial charge on any atom is 0.251 e. The summed E-state index contributed by atoms with van der Waals surface area (Å²) in [6, 6.07) is 7.50. The maximum atomic E-state index is 12.1. The number of nitrogens with zero attached hydrogens (tertiary/aromatic N) is 1. The Balaban J connectivity index is 1.88. The number of carbonyl (C=O) groups is 1. The van der Waals surface area contributed by atoms with Crippen LogP contribution in [0.1, 0.15) is 35.7 Å². The van der Waals surface area contributed by atoms with Crippen LogP contribution in [0, 0.1) is 5.41 Å². The molecular weight excluding hydrogens is 250 g/mol. The maximum absolute atomic E-state index is 12.1. The Morgan fingerprint density at radius 3 is 2.45 bits per heavy atom. The van der Waals surface area contributed by atoms with E-state index in [1.54, 1.807) is 0 Å². The average molecular weight is 275 g/mol. The van der Waals surface area contributed by atoms with E-state index in [-0.39, 0.29) is 11.3 Å². The molecule has 4 nitrogen and oxygen atoms in total. The first-order valence-corrected chi connectivity index (χ1v) is 7.28. The van der Waals surface area contributed by atoms with Gasteiger partial charge in [0, 0.05) is 18.7 Å². The summed E-state index contributed by atoms with van der Waals surface area (Å²) >= 11 is 0. The summed E-state index contributed by atoms with van der Waals surface area (Å²) in [6.07, 6.45) is 2.27. The van der Waals surface area contributed by atoms with Crippen molar-refractivity contribution in [2.24, 2.45) is 11.1 Å². The van der Waals surface area contributed by atoms with Gasteiger partial charge in [-0.25, -0.2) is 0 Å². The summed E-state index contributed by atoms with van der Waals surface area (Å²) < 4.78 is 0. The Bertz CT molecular complexity index is 447. The van der Waals surface area contributed by atoms with Crippen molar-refractivity contribution in [1.82, 2.24) is 10.2 Å². The standard InChI is InChI=1S/C16H25N3O/c1-16(7-9-19(2)10-8-16)12-18-15(20)14-5-3-13(11-17)4-6-14/h3-6H,7-12,17H2,1-2H3,(H,18,20). The first-order valence-electron chi connectivity index (χ1n) is 7.28. The lowest BCUT2D eigenvalue weighted by molar-refractivity contribution is 0.0891. The minimum atomic E-state index is 0.00808. The molecule has 0 unspecified atom stereocenters. The molecule has 2 rings (SSSR count). The lowest BCUT2D eigenvalue weighted by atomic mass is 9.80. The predicted molar refractivity (Wildman–Crippen MR) is 81.5 cm³/mol. The summed E-state index contributed by atoms with van der Waals surface area (Å²) in [7, 11) is 2.15. The van der Waals surface area contributed by atoms with Gasteiger partial charge in [0.15, 0.2) is 0 Å². The second-order valence-corrected chi connectivity index (χ2v) is 6.20. The van der Waals surface area contributed by atoms with Crippen LogP contribution < -0.4 is 11.1 Å². The normalized spacial score (nSPS) is 18.8. The average Bonchev–Trinajstić information content (AvgIpc) is 2.48. The van der Waals surface area contributed by atoms with Crippen LogP contribution >= 0.6 is 0 Å². The summed E-state index contributed by atoms with van der Waals surface area (Å²) in [6.45, 7) is 5.73. The fraction of sp³-hybridized carbons (Fsp3) is 0.562. The fourth-order valence-electron chi connectivity index (χ4n) is 2.52. The van der Waals surface area contributed by atoms with Gasteiger partial charge in [-0.2, -0.15) is 0 Å². The smallest absolute Gasteiger partial charge is 0.251 e. The molecule has 3 N–H and O–H groups in total. The highest BCUT2D eigenvalue weighted by molar-refractivity contribution is 5.94. The number of nitrogens with one attached hydrogen (secondary N) is 1. The van der Waals surface area contributed by atoms with E-state index < -0.39 is 0 Å². The van der Waals surface area contributed by atoms with E-state index in [2.05, 4.69) is 24.2 Å². The van der Waals surface area contributed by atoms with Gasteiger partial charge in [0.25, 0.3) is 5.91 Å². The van der Waals surface area contributed by atoms with Gasteiger partial charge < -0.3 is 16.0 Å². The molecule has 110 valence electrons. The molecular formula is C16H25N3O. The highest BCUT2D eigenvalue weighted by Crippen LogP contribution is 2.29. The number of likely N-dealkylation sites (tertiary alicyclic amines) is 1. The zero-order valence-electron chi connectivity index (χ0n) is 12.5. The SMILES string of the molecule is CN1CCC(C)(CNC(=O)c2ccc(CN)cc2)CC1. The molecule has 0 radical (unpaired) electrons. The van der Waals surface area contributed by atoms with E-state index in [1.165, 1.54) is 0 Å². The molecule has 1 aromatic rings. The van der Waals surface area contributed by atoms with Crippen LogP contribution in [0.2, 0.25) is 0 Å². The molecule has 1 aromatic carbocycles. The minimum Gasteiger partial charge on any atom is -0.351 e. The molecule has 0 bridgehead atoms. The van der Waals surface area contributed by atoms with Crippen molar-refractivity contribution in [2.45, 2.75) is 26.3 Å². The van der Waals surface area contributed by atoms with E-state index >= 15 is 0 Å². The summed E-state index contributed by atoms with van der Waals surface area (Å²) in [5, 5.41) is 3.07. The number of piperidine rings is 1. The lowest BCUT2D eigenvalue weighted by Crippen LogP contribution is -2.43. The van der Waals surface area contributed by atoms with Gasteiger partial charge in [-0.05, 0) is 56.1 Å². The Morgan fingerprint density at radius 1 is 1.30 bits per heavy atom. The number of carbonyl (C=O) groups excluding carboxylic acids is 1. The summed E-state index contributed by atoms with van der Waals surface area (Å²) in [5.41, 5.74) is 7.53. The Hall–Kier alpha value is -1.39. The van der Waals surface area contributed by atoms with E-state index in [0.29, 0.717) is 12.1 Å². The van der Waals surface area contributed by atoms with Crippen molar-refractivity contribution in [3.63, 3.8) is 0 Å². The predicted octanol–water partition coefficient (Wildman–Crippen LogP) is 1.61. The molecule has 0 atom stereocenters. The zero-order valence-corrected chi connectivity index (χ0v) is 12.5. The van der Waals surface area contributed by atoms with Gasteiger partial charge in [-0.15, -0.1) is 0 Å². The van der Waals surface area contributed by atoms with Crippen molar-refractivity contribution in [3.05, 3.63) is 35.4 Å². The second kappa shape index (κ2) is 6.37. The molecule has 1 fully saturated rings. The Kier molecular flexibility index (Phi) is 4.78. The first-order chi connectivity index (χ1) is 9.52. The number of amides is 1. The molecule has 4 heteroatoms. The van der Waals surface area contributed by atoms with Gasteiger partial charge in [0.2, 0.25) is 0 Å². The van der Waals surface area contributed by atoms with E-state index in [9.17, 15) is 4.79 Å². The second-order valence-electron chi connectivity index (χ2n) is 6.20. The van der Waals surface area contributed by atoms with Crippen molar-refractivity contribution in [2.75, 3.05) is 26.7 Å². The van der Waals surface area contributed by atoms with Crippen LogP contribution in [-0.2, 0) is 6.54 Å². The van der Waals surface area contributed by atoms with Crippen molar-refractivity contribution < 1.29 is 4.79 Å². The first kappa shape index (κ1) is 15.0. The van der Waals surface area contributed by atoms with Crippen LogP contribution in [0.25, 0.3) is 0 Å². The molecule has 0 aliphatic carbocycles. The molecule has 20 heavy (non-hydrogen) atoms. The van der Waals surface area contributed by atoms with Crippen LogP contribution in [-0.4, -0.2) is 37.5 Å². The van der Waals surface area contributed by atoms with Gasteiger partial charge in [0.1, 0.15) is 0 Å². The monoisotopic (exact) mass is 275 g/mol. The van der Waals surface area contributed by atoms with Crippen molar-refractivity contribution in [3.8, 4) is 0 Å².